The number of allylic oxidation sites excluding steroid dienone is 2. The predicted octanol–water partition coefficient (Wildman–Crippen LogP) is 5.23. The van der Waals surface area contributed by atoms with Gasteiger partial charge in [-0.15, -0.1) is 0 Å². The molecule has 0 aromatic rings. The van der Waals surface area contributed by atoms with Crippen LogP contribution in [-0.2, 0) is 4.79 Å². The Morgan fingerprint density at radius 2 is 1.62 bits per heavy atom. The number of unbranched alkanes of at least 4 members (excludes halogenated alkanes) is 6. The van der Waals surface area contributed by atoms with Gasteiger partial charge < -0.3 is 0 Å². The number of hydrogen-bond acceptors (Lipinski definition) is 1. The molecule has 0 heterocycles. The Bertz CT molecular complexity index is 209. The summed E-state index contributed by atoms with van der Waals surface area (Å²) in [5, 5.41) is -0.258. The van der Waals surface area contributed by atoms with Crippen LogP contribution in [0.3, 0.4) is 0 Å². The SMILES string of the molecule is CCCCCC/C=C(\CCCCC)C(=O)Cl. The van der Waals surface area contributed by atoms with Crippen LogP contribution in [0.5, 0.6) is 0 Å². The normalized spacial score (nSPS) is 11.8. The second kappa shape index (κ2) is 11.2. The second-order valence-corrected chi connectivity index (χ2v) is 4.65. The third-order valence-electron chi connectivity index (χ3n) is 2.75. The first-order chi connectivity index (χ1) is 7.72. The molecule has 0 spiro atoms. The summed E-state index contributed by atoms with van der Waals surface area (Å²) in [6.45, 7) is 4.37. The summed E-state index contributed by atoms with van der Waals surface area (Å²) in [6.07, 6.45) is 12.3. The summed E-state index contributed by atoms with van der Waals surface area (Å²) in [5.41, 5.74) is 0.826. The molecule has 0 aliphatic carbocycles. The molecule has 16 heavy (non-hydrogen) atoms. The van der Waals surface area contributed by atoms with Crippen molar-refractivity contribution in [2.45, 2.75) is 71.6 Å². The highest BCUT2D eigenvalue weighted by atomic mass is 35.5. The van der Waals surface area contributed by atoms with E-state index in [1.807, 2.05) is 6.08 Å². The molecule has 0 radical (unpaired) electrons. The largest absolute Gasteiger partial charge is 0.276 e. The fraction of sp³-hybridized carbons (Fsp3) is 0.786. The van der Waals surface area contributed by atoms with E-state index < -0.39 is 0 Å². The van der Waals surface area contributed by atoms with E-state index in [2.05, 4.69) is 13.8 Å². The minimum Gasteiger partial charge on any atom is -0.276 e. The molecule has 0 unspecified atom stereocenters. The van der Waals surface area contributed by atoms with Crippen LogP contribution in [0, 0.1) is 0 Å². The molecule has 0 aliphatic rings. The summed E-state index contributed by atoms with van der Waals surface area (Å²) < 4.78 is 0. The van der Waals surface area contributed by atoms with Crippen LogP contribution in [0.15, 0.2) is 11.6 Å². The van der Waals surface area contributed by atoms with E-state index in [1.165, 1.54) is 38.5 Å². The summed E-state index contributed by atoms with van der Waals surface area (Å²) in [7, 11) is 0. The molecule has 0 rings (SSSR count). The standard InChI is InChI=1S/C14H25ClO/c1-3-5-7-8-10-12-13(14(15)16)11-9-6-4-2/h12H,3-11H2,1-2H3/b13-12+. The average Bonchev–Trinajstić information content (AvgIpc) is 2.26. The van der Waals surface area contributed by atoms with Crippen LogP contribution < -0.4 is 0 Å². The molecule has 0 aliphatic heterocycles. The zero-order valence-corrected chi connectivity index (χ0v) is 11.5. The summed E-state index contributed by atoms with van der Waals surface area (Å²) in [5.74, 6) is 0. The lowest BCUT2D eigenvalue weighted by atomic mass is 10.1. The maximum atomic E-state index is 11.2. The number of hydrogen-bond donors (Lipinski definition) is 0. The molecule has 0 bridgehead atoms. The van der Waals surface area contributed by atoms with E-state index in [1.54, 1.807) is 0 Å². The Morgan fingerprint density at radius 3 is 2.19 bits per heavy atom. The molecular weight excluding hydrogens is 220 g/mol. The van der Waals surface area contributed by atoms with Crippen LogP contribution in [0.25, 0.3) is 0 Å². The van der Waals surface area contributed by atoms with Gasteiger partial charge in [0.25, 0.3) is 0 Å². The maximum Gasteiger partial charge on any atom is 0.248 e. The van der Waals surface area contributed by atoms with E-state index in [4.69, 9.17) is 11.6 Å². The highest BCUT2D eigenvalue weighted by Gasteiger charge is 2.04. The number of carbonyl (C=O) groups is 1. The van der Waals surface area contributed by atoms with Gasteiger partial charge >= 0.3 is 0 Å². The van der Waals surface area contributed by atoms with E-state index in [0.717, 1.165) is 24.8 Å². The highest BCUT2D eigenvalue weighted by Crippen LogP contribution is 2.14. The van der Waals surface area contributed by atoms with E-state index >= 15 is 0 Å². The summed E-state index contributed by atoms with van der Waals surface area (Å²) in [4.78, 5) is 11.2. The van der Waals surface area contributed by atoms with Crippen molar-refractivity contribution in [1.82, 2.24) is 0 Å². The van der Waals surface area contributed by atoms with Crippen molar-refractivity contribution in [2.75, 3.05) is 0 Å². The Morgan fingerprint density at radius 1 is 1.00 bits per heavy atom. The maximum absolute atomic E-state index is 11.2. The summed E-state index contributed by atoms with van der Waals surface area (Å²) >= 11 is 5.56. The Kier molecular flexibility index (Phi) is 11.0. The van der Waals surface area contributed by atoms with Crippen molar-refractivity contribution < 1.29 is 4.79 Å². The molecule has 0 aromatic heterocycles. The average molecular weight is 245 g/mol. The summed E-state index contributed by atoms with van der Waals surface area (Å²) in [6, 6.07) is 0. The van der Waals surface area contributed by atoms with Gasteiger partial charge in [0.1, 0.15) is 0 Å². The third-order valence-corrected chi connectivity index (χ3v) is 2.99. The van der Waals surface area contributed by atoms with Gasteiger partial charge in [-0.2, -0.15) is 0 Å². The lowest BCUT2D eigenvalue weighted by Crippen LogP contribution is -1.94. The molecule has 2 heteroatoms. The molecule has 0 saturated carbocycles. The van der Waals surface area contributed by atoms with Crippen LogP contribution >= 0.6 is 11.6 Å². The van der Waals surface area contributed by atoms with E-state index in [9.17, 15) is 4.79 Å². The zero-order chi connectivity index (χ0) is 12.2. The quantitative estimate of drug-likeness (QED) is 0.292. The molecule has 1 nitrogen and oxygen atoms in total. The van der Waals surface area contributed by atoms with Crippen molar-refractivity contribution in [3.05, 3.63) is 11.6 Å². The van der Waals surface area contributed by atoms with Gasteiger partial charge in [-0.1, -0.05) is 52.0 Å². The van der Waals surface area contributed by atoms with Gasteiger partial charge in [0.15, 0.2) is 0 Å². The number of halogens is 1. The van der Waals surface area contributed by atoms with Crippen LogP contribution in [0.1, 0.15) is 71.6 Å². The second-order valence-electron chi connectivity index (χ2n) is 4.31. The molecule has 0 aromatic carbocycles. The van der Waals surface area contributed by atoms with Crippen molar-refractivity contribution in [1.29, 1.82) is 0 Å². The van der Waals surface area contributed by atoms with Crippen LogP contribution in [-0.4, -0.2) is 5.24 Å². The van der Waals surface area contributed by atoms with Gasteiger partial charge in [0, 0.05) is 5.57 Å². The molecule has 0 N–H and O–H groups in total. The van der Waals surface area contributed by atoms with Crippen LogP contribution in [0.4, 0.5) is 0 Å². The molecule has 0 fully saturated rings. The molecule has 0 atom stereocenters. The van der Waals surface area contributed by atoms with Crippen molar-refractivity contribution in [2.24, 2.45) is 0 Å². The lowest BCUT2D eigenvalue weighted by molar-refractivity contribution is -0.108. The van der Waals surface area contributed by atoms with Gasteiger partial charge in [0.2, 0.25) is 5.24 Å². The Balaban J connectivity index is 3.81. The highest BCUT2D eigenvalue weighted by molar-refractivity contribution is 6.67. The van der Waals surface area contributed by atoms with E-state index in [-0.39, 0.29) is 5.24 Å². The first-order valence-electron chi connectivity index (χ1n) is 6.61. The lowest BCUT2D eigenvalue weighted by Gasteiger charge is -2.02. The van der Waals surface area contributed by atoms with Gasteiger partial charge in [-0.3, -0.25) is 4.79 Å². The minimum atomic E-state index is -0.258. The fourth-order valence-corrected chi connectivity index (χ4v) is 1.87. The first kappa shape index (κ1) is 15.7. The number of carbonyl (C=O) groups excluding carboxylic acids is 1. The Labute approximate surface area is 105 Å². The molecule has 0 amide bonds. The monoisotopic (exact) mass is 244 g/mol. The van der Waals surface area contributed by atoms with Gasteiger partial charge in [-0.05, 0) is 37.3 Å². The fourth-order valence-electron chi connectivity index (χ4n) is 1.69. The van der Waals surface area contributed by atoms with E-state index in [0.29, 0.717) is 0 Å². The number of rotatable bonds is 10. The van der Waals surface area contributed by atoms with Crippen molar-refractivity contribution >= 4 is 16.8 Å². The third kappa shape index (κ3) is 8.96. The Hall–Kier alpha value is -0.300. The van der Waals surface area contributed by atoms with Gasteiger partial charge in [0.05, 0.1) is 0 Å². The first-order valence-corrected chi connectivity index (χ1v) is 6.99. The van der Waals surface area contributed by atoms with Crippen molar-refractivity contribution in [3.63, 3.8) is 0 Å². The van der Waals surface area contributed by atoms with Crippen molar-refractivity contribution in [3.8, 4) is 0 Å². The molecular formula is C14H25ClO. The van der Waals surface area contributed by atoms with Gasteiger partial charge in [-0.25, -0.2) is 0 Å². The predicted molar refractivity (Wildman–Crippen MR) is 71.8 cm³/mol. The smallest absolute Gasteiger partial charge is 0.248 e. The molecule has 94 valence electrons. The zero-order valence-electron chi connectivity index (χ0n) is 10.7. The topological polar surface area (TPSA) is 17.1 Å². The van der Waals surface area contributed by atoms with Crippen LogP contribution in [0.2, 0.25) is 0 Å². The minimum absolute atomic E-state index is 0.258. The molecule has 0 saturated heterocycles.